The second-order valence-electron chi connectivity index (χ2n) is 4.31. The summed E-state index contributed by atoms with van der Waals surface area (Å²) in [7, 11) is 1.66. The van der Waals surface area contributed by atoms with Gasteiger partial charge in [-0.3, -0.25) is 0 Å². The van der Waals surface area contributed by atoms with Crippen molar-refractivity contribution in [2.45, 2.75) is 13.5 Å². The average molecular weight is 322 g/mol. The Labute approximate surface area is 121 Å². The lowest BCUT2D eigenvalue weighted by atomic mass is 10.1. The molecule has 0 aromatic heterocycles. The van der Waals surface area contributed by atoms with Crippen LogP contribution >= 0.6 is 15.9 Å². The molecule has 2 aromatic rings. The van der Waals surface area contributed by atoms with Crippen LogP contribution in [0.4, 0.5) is 5.69 Å². The van der Waals surface area contributed by atoms with Gasteiger partial charge in [-0.15, -0.1) is 0 Å². The molecule has 0 amide bonds. The lowest BCUT2D eigenvalue weighted by Gasteiger charge is -2.11. The molecule has 0 saturated heterocycles. The van der Waals surface area contributed by atoms with Gasteiger partial charge >= 0.3 is 0 Å². The van der Waals surface area contributed by atoms with E-state index in [4.69, 9.17) is 4.74 Å². The molecule has 0 spiro atoms. The third kappa shape index (κ3) is 3.41. The van der Waals surface area contributed by atoms with Crippen molar-refractivity contribution in [3.05, 3.63) is 52.0 Å². The number of methoxy groups -OCH3 is 1. The van der Waals surface area contributed by atoms with Crippen LogP contribution in [0.1, 0.15) is 11.1 Å². The quantitative estimate of drug-likeness (QED) is 0.891. The zero-order valence-electron chi connectivity index (χ0n) is 10.9. The van der Waals surface area contributed by atoms with Gasteiger partial charge in [0.25, 0.3) is 0 Å². The summed E-state index contributed by atoms with van der Waals surface area (Å²) in [5, 5.41) is 13.1. The van der Waals surface area contributed by atoms with Crippen LogP contribution in [0.25, 0.3) is 0 Å². The summed E-state index contributed by atoms with van der Waals surface area (Å²) >= 11 is 3.40. The van der Waals surface area contributed by atoms with Crippen molar-refractivity contribution in [1.82, 2.24) is 0 Å². The lowest BCUT2D eigenvalue weighted by Crippen LogP contribution is -2.00. The first-order valence-electron chi connectivity index (χ1n) is 5.96. The van der Waals surface area contributed by atoms with Gasteiger partial charge in [0.2, 0.25) is 0 Å². The number of aryl methyl sites for hydroxylation is 1. The van der Waals surface area contributed by atoms with Crippen LogP contribution in [0, 0.1) is 6.92 Å². The van der Waals surface area contributed by atoms with Gasteiger partial charge in [0, 0.05) is 22.3 Å². The fraction of sp³-hybridized carbons (Fsp3) is 0.200. The highest BCUT2D eigenvalue weighted by molar-refractivity contribution is 9.10. The largest absolute Gasteiger partial charge is 0.508 e. The monoisotopic (exact) mass is 321 g/mol. The van der Waals surface area contributed by atoms with Crippen LogP contribution < -0.4 is 10.1 Å². The Bertz CT molecular complexity index is 584. The van der Waals surface area contributed by atoms with E-state index >= 15 is 0 Å². The molecule has 19 heavy (non-hydrogen) atoms. The Morgan fingerprint density at radius 2 is 2.00 bits per heavy atom. The molecule has 4 heteroatoms. The maximum Gasteiger partial charge on any atom is 0.121 e. The Balaban J connectivity index is 2.10. The molecule has 0 aliphatic carbocycles. The van der Waals surface area contributed by atoms with Crippen molar-refractivity contribution in [3.8, 4) is 11.5 Å². The fourth-order valence-electron chi connectivity index (χ4n) is 1.88. The minimum atomic E-state index is 0.293. The minimum absolute atomic E-state index is 0.293. The smallest absolute Gasteiger partial charge is 0.121 e. The highest BCUT2D eigenvalue weighted by Gasteiger charge is 2.03. The van der Waals surface area contributed by atoms with Crippen LogP contribution in [0.5, 0.6) is 11.5 Å². The Kier molecular flexibility index (Phi) is 4.32. The van der Waals surface area contributed by atoms with Crippen LogP contribution in [0.15, 0.2) is 40.9 Å². The fourth-order valence-corrected chi connectivity index (χ4v) is 2.29. The van der Waals surface area contributed by atoms with Crippen LogP contribution in [0.2, 0.25) is 0 Å². The maximum absolute atomic E-state index is 9.77. The number of hydrogen-bond acceptors (Lipinski definition) is 3. The molecule has 0 heterocycles. The summed E-state index contributed by atoms with van der Waals surface area (Å²) in [4.78, 5) is 0. The first kappa shape index (κ1) is 13.7. The summed E-state index contributed by atoms with van der Waals surface area (Å²) < 4.78 is 6.18. The van der Waals surface area contributed by atoms with Gasteiger partial charge < -0.3 is 15.2 Å². The van der Waals surface area contributed by atoms with Crippen molar-refractivity contribution in [1.29, 1.82) is 0 Å². The topological polar surface area (TPSA) is 41.5 Å². The van der Waals surface area contributed by atoms with Gasteiger partial charge in [0.05, 0.1) is 7.11 Å². The van der Waals surface area contributed by atoms with Crippen molar-refractivity contribution in [2.75, 3.05) is 12.4 Å². The zero-order chi connectivity index (χ0) is 13.8. The molecule has 0 atom stereocenters. The third-order valence-corrected chi connectivity index (χ3v) is 3.41. The summed E-state index contributed by atoms with van der Waals surface area (Å²) in [5.41, 5.74) is 2.92. The molecule has 2 N–H and O–H groups in total. The molecule has 0 fully saturated rings. The molecule has 2 rings (SSSR count). The Morgan fingerprint density at radius 1 is 1.21 bits per heavy atom. The molecule has 0 bridgehead atoms. The molecule has 0 aliphatic heterocycles. The highest BCUT2D eigenvalue weighted by atomic mass is 79.9. The van der Waals surface area contributed by atoms with E-state index in [-0.39, 0.29) is 0 Å². The minimum Gasteiger partial charge on any atom is -0.508 e. The molecule has 0 unspecified atom stereocenters. The highest BCUT2D eigenvalue weighted by Crippen LogP contribution is 2.25. The van der Waals surface area contributed by atoms with E-state index in [1.807, 2.05) is 37.3 Å². The van der Waals surface area contributed by atoms with Crippen molar-refractivity contribution in [3.63, 3.8) is 0 Å². The summed E-state index contributed by atoms with van der Waals surface area (Å²) in [5.74, 6) is 1.16. The molecular formula is C15H16BrNO2. The lowest BCUT2D eigenvalue weighted by molar-refractivity contribution is 0.412. The first-order chi connectivity index (χ1) is 9.10. The molecule has 3 nitrogen and oxygen atoms in total. The van der Waals surface area contributed by atoms with E-state index < -0.39 is 0 Å². The average Bonchev–Trinajstić information content (AvgIpc) is 2.40. The Hall–Kier alpha value is -1.68. The van der Waals surface area contributed by atoms with Gasteiger partial charge in [-0.05, 0) is 48.9 Å². The normalized spacial score (nSPS) is 10.3. The van der Waals surface area contributed by atoms with E-state index in [2.05, 4.69) is 21.2 Å². The number of ether oxygens (including phenoxy) is 1. The predicted octanol–water partition coefficient (Wildman–Crippen LogP) is 4.08. The number of anilines is 1. The van der Waals surface area contributed by atoms with Gasteiger partial charge in [-0.2, -0.15) is 0 Å². The second kappa shape index (κ2) is 5.97. The molecular weight excluding hydrogens is 306 g/mol. The number of halogens is 1. The summed E-state index contributed by atoms with van der Waals surface area (Å²) in [6, 6.07) is 11.3. The number of rotatable bonds is 4. The summed E-state index contributed by atoms with van der Waals surface area (Å²) in [6.07, 6.45) is 0. The standard InChI is InChI=1S/C15H16BrNO2/c1-10-7-13(4-6-15(10)19-2)17-9-11-8-12(16)3-5-14(11)18/h3-8,17-18H,9H2,1-2H3. The predicted molar refractivity (Wildman–Crippen MR) is 80.9 cm³/mol. The van der Waals surface area contributed by atoms with E-state index in [0.29, 0.717) is 12.3 Å². The van der Waals surface area contributed by atoms with Gasteiger partial charge in [-0.1, -0.05) is 15.9 Å². The van der Waals surface area contributed by atoms with Crippen molar-refractivity contribution < 1.29 is 9.84 Å². The van der Waals surface area contributed by atoms with Crippen LogP contribution in [-0.2, 0) is 6.54 Å². The van der Waals surface area contributed by atoms with E-state index in [1.165, 1.54) is 0 Å². The zero-order valence-corrected chi connectivity index (χ0v) is 12.5. The molecule has 2 aromatic carbocycles. The molecule has 0 aliphatic rings. The van der Waals surface area contributed by atoms with Crippen LogP contribution in [-0.4, -0.2) is 12.2 Å². The number of hydrogen-bond donors (Lipinski definition) is 2. The first-order valence-corrected chi connectivity index (χ1v) is 6.75. The number of phenolic OH excluding ortho intramolecular Hbond substituents is 1. The summed E-state index contributed by atoms with van der Waals surface area (Å²) in [6.45, 7) is 2.57. The number of benzene rings is 2. The second-order valence-corrected chi connectivity index (χ2v) is 5.23. The maximum atomic E-state index is 9.77. The SMILES string of the molecule is COc1ccc(NCc2cc(Br)ccc2O)cc1C. The van der Waals surface area contributed by atoms with E-state index in [9.17, 15) is 5.11 Å². The molecule has 0 saturated carbocycles. The van der Waals surface area contributed by atoms with Gasteiger partial charge in [0.1, 0.15) is 11.5 Å². The number of phenols is 1. The number of nitrogens with one attached hydrogen (secondary N) is 1. The molecule has 100 valence electrons. The van der Waals surface area contributed by atoms with Gasteiger partial charge in [-0.25, -0.2) is 0 Å². The third-order valence-electron chi connectivity index (χ3n) is 2.92. The van der Waals surface area contributed by atoms with Crippen molar-refractivity contribution in [2.24, 2.45) is 0 Å². The van der Waals surface area contributed by atoms with E-state index in [0.717, 1.165) is 27.0 Å². The van der Waals surface area contributed by atoms with E-state index in [1.54, 1.807) is 13.2 Å². The number of aromatic hydroxyl groups is 1. The Morgan fingerprint density at radius 3 is 2.68 bits per heavy atom. The van der Waals surface area contributed by atoms with Gasteiger partial charge in [0.15, 0.2) is 0 Å². The van der Waals surface area contributed by atoms with Crippen LogP contribution in [0.3, 0.4) is 0 Å². The molecule has 0 radical (unpaired) electrons. The van der Waals surface area contributed by atoms with Crippen molar-refractivity contribution >= 4 is 21.6 Å².